The number of carbonyl (C=O) groups excluding carboxylic acids is 3. The molecule has 3 aromatic rings. The minimum atomic E-state index is -1.15. The molecule has 2 unspecified atom stereocenters. The van der Waals surface area contributed by atoms with Crippen molar-refractivity contribution in [2.75, 3.05) is 0 Å². The van der Waals surface area contributed by atoms with E-state index < -0.39 is 29.4 Å². The number of ketones is 2. The lowest BCUT2D eigenvalue weighted by atomic mass is 9.84. The Morgan fingerprint density at radius 2 is 1.81 bits per heavy atom. The highest BCUT2D eigenvalue weighted by Crippen LogP contribution is 2.39. The Morgan fingerprint density at radius 3 is 2.39 bits per heavy atom. The van der Waals surface area contributed by atoms with Gasteiger partial charge in [0, 0.05) is 11.6 Å². The second-order valence-electron chi connectivity index (χ2n) is 8.85. The zero-order valence-electron chi connectivity index (χ0n) is 17.8. The molecule has 6 heteroatoms. The maximum Gasteiger partial charge on any atom is 0.291 e. The van der Waals surface area contributed by atoms with Gasteiger partial charge in [-0.3, -0.25) is 14.4 Å². The van der Waals surface area contributed by atoms with Crippen LogP contribution >= 0.6 is 0 Å². The van der Waals surface area contributed by atoms with Crippen LogP contribution in [0, 0.1) is 5.92 Å². The van der Waals surface area contributed by atoms with Crippen LogP contribution in [0.2, 0.25) is 0 Å². The molecule has 2 aromatic heterocycles. The first kappa shape index (κ1) is 20.7. The molecule has 1 fully saturated rings. The van der Waals surface area contributed by atoms with Crippen LogP contribution in [0.4, 0.5) is 0 Å². The Morgan fingerprint density at radius 1 is 1.06 bits per heavy atom. The number of H-pyrrole nitrogens is 1. The maximum absolute atomic E-state index is 13.2. The van der Waals surface area contributed by atoms with Gasteiger partial charge in [-0.25, -0.2) is 4.98 Å². The molecule has 4 rings (SSSR count). The summed E-state index contributed by atoms with van der Waals surface area (Å²) in [6, 6.07) is 13.9. The molecule has 0 aliphatic carbocycles. The van der Waals surface area contributed by atoms with Crippen LogP contribution in [-0.2, 0) is 21.5 Å². The molecule has 31 heavy (non-hydrogen) atoms. The van der Waals surface area contributed by atoms with E-state index in [0.29, 0.717) is 0 Å². The fourth-order valence-electron chi connectivity index (χ4n) is 4.01. The Labute approximate surface area is 180 Å². The van der Waals surface area contributed by atoms with Gasteiger partial charge in [0.1, 0.15) is 5.92 Å². The topological polar surface area (TPSA) is 81.7 Å². The van der Waals surface area contributed by atoms with Gasteiger partial charge in [0.2, 0.25) is 11.6 Å². The molecule has 2 atom stereocenters. The Kier molecular flexibility index (Phi) is 5.31. The van der Waals surface area contributed by atoms with Gasteiger partial charge in [-0.05, 0) is 34.7 Å². The van der Waals surface area contributed by atoms with Crippen molar-refractivity contribution in [3.63, 3.8) is 0 Å². The fraction of sp³-hybridized carbons (Fsp3) is 0.280. The van der Waals surface area contributed by atoms with Crippen LogP contribution in [0.1, 0.15) is 54.1 Å². The molecule has 3 heterocycles. The smallest absolute Gasteiger partial charge is 0.291 e. The molecule has 1 saturated heterocycles. The highest BCUT2D eigenvalue weighted by atomic mass is 16.3. The van der Waals surface area contributed by atoms with Crippen molar-refractivity contribution in [3.05, 3.63) is 89.6 Å². The number of aromatic nitrogens is 1. The summed E-state index contributed by atoms with van der Waals surface area (Å²) < 4.78 is 5.26. The zero-order chi connectivity index (χ0) is 22.2. The van der Waals surface area contributed by atoms with Crippen molar-refractivity contribution in [2.24, 2.45) is 5.92 Å². The average Bonchev–Trinajstić information content (AvgIpc) is 3.37. The number of benzene rings is 1. The van der Waals surface area contributed by atoms with Crippen LogP contribution in [0.25, 0.3) is 0 Å². The van der Waals surface area contributed by atoms with Gasteiger partial charge in [0.15, 0.2) is 18.2 Å². The van der Waals surface area contributed by atoms with Gasteiger partial charge in [-0.1, -0.05) is 45.0 Å². The SMILES string of the molecule is CC(C)(C)c1ccc(C2C(C(=O)c3ccco3)C(=O)C(=O)N2Cc2ccc[nH+]c2)cc1. The second kappa shape index (κ2) is 7.95. The number of hydrogen-bond donors (Lipinski definition) is 0. The van der Waals surface area contributed by atoms with E-state index in [1.165, 1.54) is 17.2 Å². The largest absolute Gasteiger partial charge is 0.461 e. The van der Waals surface area contributed by atoms with Gasteiger partial charge in [-0.15, -0.1) is 0 Å². The monoisotopic (exact) mass is 417 g/mol. The van der Waals surface area contributed by atoms with Crippen LogP contribution < -0.4 is 4.98 Å². The molecular formula is C25H25N2O4+. The first-order chi connectivity index (χ1) is 14.8. The molecule has 6 nitrogen and oxygen atoms in total. The summed E-state index contributed by atoms with van der Waals surface area (Å²) in [7, 11) is 0. The average molecular weight is 417 g/mol. The second-order valence-corrected chi connectivity index (χ2v) is 8.85. The lowest BCUT2D eigenvalue weighted by molar-refractivity contribution is -0.378. The van der Waals surface area contributed by atoms with Crippen LogP contribution in [-0.4, -0.2) is 22.4 Å². The van der Waals surface area contributed by atoms with Gasteiger partial charge < -0.3 is 9.32 Å². The van der Waals surface area contributed by atoms with E-state index in [-0.39, 0.29) is 17.7 Å². The lowest BCUT2D eigenvalue weighted by Crippen LogP contribution is -2.30. The molecule has 0 radical (unpaired) electrons. The molecule has 1 amide bonds. The highest BCUT2D eigenvalue weighted by Gasteiger charge is 2.52. The minimum absolute atomic E-state index is 0.0389. The predicted octanol–water partition coefficient (Wildman–Crippen LogP) is 3.54. The number of aromatic amines is 1. The molecule has 1 N–H and O–H groups in total. The number of Topliss-reactive ketones (excluding diaryl/α,β-unsaturated/α-hetero) is 2. The van der Waals surface area contributed by atoms with Crippen molar-refractivity contribution >= 4 is 17.5 Å². The molecule has 0 spiro atoms. The Balaban J connectivity index is 1.77. The maximum atomic E-state index is 13.2. The third kappa shape index (κ3) is 3.93. The quantitative estimate of drug-likeness (QED) is 0.361. The number of carbonyl (C=O) groups is 3. The van der Waals surface area contributed by atoms with Gasteiger partial charge in [-0.2, -0.15) is 0 Å². The summed E-state index contributed by atoms with van der Waals surface area (Å²) in [5.41, 5.74) is 2.68. The number of amides is 1. The van der Waals surface area contributed by atoms with Gasteiger partial charge >= 0.3 is 0 Å². The van der Waals surface area contributed by atoms with E-state index in [1.807, 2.05) is 36.4 Å². The number of nitrogens with zero attached hydrogens (tertiary/aromatic N) is 1. The normalized spacial score (nSPS) is 19.1. The van der Waals surface area contributed by atoms with E-state index in [1.54, 1.807) is 18.5 Å². The minimum Gasteiger partial charge on any atom is -0.461 e. The summed E-state index contributed by atoms with van der Waals surface area (Å²) >= 11 is 0. The molecule has 1 aliphatic rings. The van der Waals surface area contributed by atoms with E-state index in [0.717, 1.165) is 16.7 Å². The van der Waals surface area contributed by atoms with E-state index in [4.69, 9.17) is 4.42 Å². The summed E-state index contributed by atoms with van der Waals surface area (Å²) in [4.78, 5) is 43.6. The molecule has 0 bridgehead atoms. The predicted molar refractivity (Wildman–Crippen MR) is 113 cm³/mol. The fourth-order valence-corrected chi connectivity index (χ4v) is 4.01. The molecular weight excluding hydrogens is 392 g/mol. The standard InChI is InChI=1S/C25H24N2O4/c1-25(2,3)18-10-8-17(9-11-18)21-20(22(28)19-7-5-13-31-19)23(29)24(30)27(21)15-16-6-4-12-26-14-16/h4-14,20-21H,15H2,1-3H3/p+1. The van der Waals surface area contributed by atoms with Crippen LogP contribution in [0.3, 0.4) is 0 Å². The number of furan rings is 1. The number of pyridine rings is 1. The van der Waals surface area contributed by atoms with E-state index in [9.17, 15) is 14.4 Å². The summed E-state index contributed by atoms with van der Waals surface area (Å²) in [6.45, 7) is 6.57. The molecule has 158 valence electrons. The van der Waals surface area contributed by atoms with E-state index >= 15 is 0 Å². The first-order valence-electron chi connectivity index (χ1n) is 10.3. The third-order valence-electron chi connectivity index (χ3n) is 5.69. The summed E-state index contributed by atoms with van der Waals surface area (Å²) in [6.07, 6.45) is 4.94. The van der Waals surface area contributed by atoms with Gasteiger partial charge in [0.25, 0.3) is 5.91 Å². The lowest BCUT2D eigenvalue weighted by Gasteiger charge is -2.27. The zero-order valence-corrected chi connectivity index (χ0v) is 17.8. The van der Waals surface area contributed by atoms with Crippen LogP contribution in [0.5, 0.6) is 0 Å². The van der Waals surface area contributed by atoms with Crippen molar-refractivity contribution in [1.29, 1.82) is 0 Å². The number of rotatable bonds is 5. The summed E-state index contributed by atoms with van der Waals surface area (Å²) in [5, 5.41) is 0. The summed E-state index contributed by atoms with van der Waals surface area (Å²) in [5.74, 6) is -2.90. The van der Waals surface area contributed by atoms with E-state index in [2.05, 4.69) is 25.8 Å². The van der Waals surface area contributed by atoms with Crippen LogP contribution in [0.15, 0.2) is 71.6 Å². The number of nitrogens with one attached hydrogen (secondary N) is 1. The number of hydrogen-bond acceptors (Lipinski definition) is 4. The molecule has 1 aliphatic heterocycles. The number of likely N-dealkylation sites (tertiary alicyclic amines) is 1. The van der Waals surface area contributed by atoms with Crippen molar-refractivity contribution < 1.29 is 23.8 Å². The van der Waals surface area contributed by atoms with Crippen molar-refractivity contribution in [1.82, 2.24) is 4.90 Å². The van der Waals surface area contributed by atoms with Crippen molar-refractivity contribution in [3.8, 4) is 0 Å². The first-order valence-corrected chi connectivity index (χ1v) is 10.3. The Hall–Kier alpha value is -3.54. The Bertz CT molecular complexity index is 1100. The third-order valence-corrected chi connectivity index (χ3v) is 5.69. The van der Waals surface area contributed by atoms with Gasteiger partial charge in [0.05, 0.1) is 18.8 Å². The highest BCUT2D eigenvalue weighted by molar-refractivity contribution is 6.43. The van der Waals surface area contributed by atoms with Crippen molar-refractivity contribution in [2.45, 2.75) is 38.8 Å². The molecule has 0 saturated carbocycles. The molecule has 1 aromatic carbocycles.